The van der Waals surface area contributed by atoms with Gasteiger partial charge in [0.25, 0.3) is 5.91 Å². The van der Waals surface area contributed by atoms with Gasteiger partial charge in [0.05, 0.1) is 10.6 Å². The first-order chi connectivity index (χ1) is 11.5. The van der Waals surface area contributed by atoms with E-state index in [1.165, 1.54) is 4.78 Å². The number of aromatic nitrogens is 2. The van der Waals surface area contributed by atoms with Crippen LogP contribution in [0.5, 0.6) is 0 Å². The fraction of sp³-hybridized carbons (Fsp3) is 0.118. The Balaban J connectivity index is 1.84. The third-order valence-corrected chi connectivity index (χ3v) is 4.44. The monoisotopic (exact) mass is 336 g/mol. The molecule has 7 heteroatoms. The number of nitrogens with zero attached hydrogens (tertiary/aromatic N) is 3. The van der Waals surface area contributed by atoms with Crippen molar-refractivity contribution in [1.29, 1.82) is 0 Å². The fourth-order valence-corrected chi connectivity index (χ4v) is 3.08. The molecule has 0 aliphatic rings. The predicted molar refractivity (Wildman–Crippen MR) is 101 cm³/mol. The topological polar surface area (TPSA) is 58.1 Å². The second kappa shape index (κ2) is 6.84. The lowest BCUT2D eigenvalue weighted by molar-refractivity contribution is 0.0827. The number of carbonyl (C=O) groups excluding carboxylic acids is 1. The quantitative estimate of drug-likeness (QED) is 0.740. The normalized spacial score (nSPS) is 10.4. The van der Waals surface area contributed by atoms with Gasteiger partial charge in [-0.05, 0) is 35.1 Å². The summed E-state index contributed by atoms with van der Waals surface area (Å²) < 4.78 is 1.24. The van der Waals surface area contributed by atoms with E-state index in [9.17, 15) is 4.79 Å². The molecule has 0 unspecified atom stereocenters. The van der Waals surface area contributed by atoms with Crippen LogP contribution in [0.25, 0.3) is 10.6 Å². The molecule has 24 heavy (non-hydrogen) atoms. The van der Waals surface area contributed by atoms with Crippen LogP contribution in [0.15, 0.2) is 48.7 Å². The average Bonchev–Trinajstić information content (AvgIpc) is 3.01. The molecule has 1 amide bonds. The Kier molecular flexibility index (Phi) is 4.62. The minimum atomic E-state index is -0.0395. The Hall–Kier alpha value is -2.67. The van der Waals surface area contributed by atoms with Gasteiger partial charge < -0.3 is 10.2 Å². The number of hydrogen-bond acceptors (Lipinski definition) is 5. The van der Waals surface area contributed by atoms with Crippen molar-refractivity contribution < 1.29 is 4.79 Å². The molecule has 0 aliphatic carbocycles. The summed E-state index contributed by atoms with van der Waals surface area (Å²) in [6, 6.07) is 13.3. The lowest BCUT2D eigenvalue weighted by Crippen LogP contribution is -2.21. The number of amides is 1. The van der Waals surface area contributed by atoms with Gasteiger partial charge in [0.2, 0.25) is 5.95 Å². The van der Waals surface area contributed by atoms with E-state index < -0.39 is 0 Å². The Labute approximate surface area is 145 Å². The fourth-order valence-electron chi connectivity index (χ4n) is 2.25. The summed E-state index contributed by atoms with van der Waals surface area (Å²) in [5, 5.41) is 3.17. The number of carbonyl (C=O) groups is 1. The highest BCUT2D eigenvalue weighted by molar-refractivity contribution is 7.23. The van der Waals surface area contributed by atoms with Crippen LogP contribution in [0.2, 0.25) is 0 Å². The van der Waals surface area contributed by atoms with Gasteiger partial charge in [-0.2, -0.15) is 0 Å². The summed E-state index contributed by atoms with van der Waals surface area (Å²) in [7, 11) is 5.54. The van der Waals surface area contributed by atoms with Crippen LogP contribution in [-0.4, -0.2) is 42.7 Å². The Bertz CT molecular complexity index is 878. The molecule has 2 heterocycles. The molecule has 0 fully saturated rings. The van der Waals surface area contributed by atoms with Crippen molar-refractivity contribution in [3.05, 3.63) is 54.2 Å². The average molecular weight is 336 g/mol. The zero-order chi connectivity index (χ0) is 17.1. The highest BCUT2D eigenvalue weighted by Crippen LogP contribution is 2.23. The molecule has 2 aromatic heterocycles. The third-order valence-electron chi connectivity index (χ3n) is 3.42. The molecule has 1 aromatic carbocycles. The van der Waals surface area contributed by atoms with Crippen LogP contribution in [-0.2, 0) is 0 Å². The first-order valence-corrected chi connectivity index (χ1v) is 8.33. The second-order valence-electron chi connectivity index (χ2n) is 5.58. The standard InChI is InChI=1S/C17H17BN4OS/c1-22(2)16(23)11-4-3-5-12(10-11)20-17-19-9-8-13(21-17)14-6-7-15(18)24-14/h3-10H,18H2,1-2H3,(H,19,20,21). The summed E-state index contributed by atoms with van der Waals surface area (Å²) in [6.45, 7) is 0. The lowest BCUT2D eigenvalue weighted by atomic mass is 10.1. The van der Waals surface area contributed by atoms with E-state index in [1.54, 1.807) is 48.7 Å². The molecule has 0 aliphatic heterocycles. The third kappa shape index (κ3) is 3.63. The molecule has 0 atom stereocenters. The van der Waals surface area contributed by atoms with Crippen molar-refractivity contribution in [3.8, 4) is 10.6 Å². The summed E-state index contributed by atoms with van der Waals surface area (Å²) in [5.74, 6) is 0.468. The molecule has 0 bridgehead atoms. The van der Waals surface area contributed by atoms with Crippen LogP contribution in [0.4, 0.5) is 11.6 Å². The molecule has 0 spiro atoms. The van der Waals surface area contributed by atoms with Gasteiger partial charge in [-0.3, -0.25) is 4.79 Å². The van der Waals surface area contributed by atoms with E-state index in [-0.39, 0.29) is 5.91 Å². The minimum Gasteiger partial charge on any atom is -0.345 e. The van der Waals surface area contributed by atoms with Gasteiger partial charge in [-0.15, -0.1) is 11.3 Å². The van der Waals surface area contributed by atoms with Crippen molar-refractivity contribution in [2.45, 2.75) is 0 Å². The first kappa shape index (κ1) is 16.2. The summed E-state index contributed by atoms with van der Waals surface area (Å²) in [6.07, 6.45) is 1.73. The predicted octanol–water partition coefficient (Wildman–Crippen LogP) is 1.91. The largest absolute Gasteiger partial charge is 0.345 e. The molecule has 0 saturated carbocycles. The SMILES string of the molecule is Bc1ccc(-c2ccnc(Nc3cccc(C(=O)N(C)C)c3)n2)s1. The molecule has 5 nitrogen and oxygen atoms in total. The number of anilines is 2. The van der Waals surface area contributed by atoms with Gasteiger partial charge in [0.15, 0.2) is 7.85 Å². The molecule has 1 N–H and O–H groups in total. The number of hydrogen-bond donors (Lipinski definition) is 1. The highest BCUT2D eigenvalue weighted by Gasteiger charge is 2.09. The Morgan fingerprint density at radius 2 is 2.04 bits per heavy atom. The summed E-state index contributed by atoms with van der Waals surface area (Å²) in [4.78, 5) is 23.5. The van der Waals surface area contributed by atoms with Gasteiger partial charge in [-0.25, -0.2) is 9.97 Å². The molecule has 120 valence electrons. The second-order valence-corrected chi connectivity index (χ2v) is 6.87. The minimum absolute atomic E-state index is 0.0395. The van der Waals surface area contributed by atoms with Crippen LogP contribution in [0.3, 0.4) is 0 Å². The highest BCUT2D eigenvalue weighted by atomic mass is 32.1. The van der Waals surface area contributed by atoms with Crippen molar-refractivity contribution in [1.82, 2.24) is 14.9 Å². The van der Waals surface area contributed by atoms with Gasteiger partial charge in [0, 0.05) is 31.5 Å². The lowest BCUT2D eigenvalue weighted by Gasteiger charge is -2.11. The Morgan fingerprint density at radius 1 is 1.21 bits per heavy atom. The van der Waals surface area contributed by atoms with Crippen LogP contribution in [0.1, 0.15) is 10.4 Å². The van der Waals surface area contributed by atoms with Crippen LogP contribution < -0.4 is 10.1 Å². The number of thiophene rings is 1. The van der Waals surface area contributed by atoms with Crippen molar-refractivity contribution in [2.24, 2.45) is 0 Å². The van der Waals surface area contributed by atoms with Crippen molar-refractivity contribution in [2.75, 3.05) is 19.4 Å². The van der Waals surface area contributed by atoms with E-state index >= 15 is 0 Å². The smallest absolute Gasteiger partial charge is 0.253 e. The molecule has 3 rings (SSSR count). The number of benzene rings is 1. The molecular formula is C17H17BN4OS. The molecule has 0 radical (unpaired) electrons. The van der Waals surface area contributed by atoms with Crippen LogP contribution >= 0.6 is 11.3 Å². The van der Waals surface area contributed by atoms with E-state index in [1.807, 2.05) is 18.2 Å². The number of rotatable bonds is 4. The van der Waals surface area contributed by atoms with Gasteiger partial charge in [-0.1, -0.05) is 12.1 Å². The van der Waals surface area contributed by atoms with Crippen molar-refractivity contribution >= 4 is 41.5 Å². The van der Waals surface area contributed by atoms with E-state index in [2.05, 4.69) is 35.3 Å². The molecule has 0 saturated heterocycles. The van der Waals surface area contributed by atoms with Gasteiger partial charge >= 0.3 is 0 Å². The van der Waals surface area contributed by atoms with Gasteiger partial charge in [0.1, 0.15) is 0 Å². The number of nitrogens with one attached hydrogen (secondary N) is 1. The maximum absolute atomic E-state index is 12.1. The van der Waals surface area contributed by atoms with E-state index in [0.29, 0.717) is 11.5 Å². The summed E-state index contributed by atoms with van der Waals surface area (Å²) in [5.41, 5.74) is 2.28. The molecule has 3 aromatic rings. The zero-order valence-electron chi connectivity index (χ0n) is 13.8. The van der Waals surface area contributed by atoms with Crippen molar-refractivity contribution in [3.63, 3.8) is 0 Å². The molecular weight excluding hydrogens is 319 g/mol. The van der Waals surface area contributed by atoms with Crippen LogP contribution in [0, 0.1) is 0 Å². The zero-order valence-corrected chi connectivity index (χ0v) is 14.6. The van der Waals surface area contributed by atoms with E-state index in [4.69, 9.17) is 0 Å². The maximum Gasteiger partial charge on any atom is 0.253 e. The maximum atomic E-state index is 12.1. The summed E-state index contributed by atoms with van der Waals surface area (Å²) >= 11 is 1.70. The first-order valence-electron chi connectivity index (χ1n) is 7.51. The Morgan fingerprint density at radius 3 is 2.75 bits per heavy atom. The van der Waals surface area contributed by atoms with E-state index in [0.717, 1.165) is 16.3 Å².